The highest BCUT2D eigenvalue weighted by molar-refractivity contribution is 5.80. The Bertz CT molecular complexity index is 1270. The normalized spacial score (nSPS) is 25.2. The molecule has 2 aliphatic heterocycles. The quantitative estimate of drug-likeness (QED) is 0.526. The number of pyridine rings is 2. The van der Waals surface area contributed by atoms with Gasteiger partial charge in [-0.2, -0.15) is 0 Å². The molecule has 3 unspecified atom stereocenters. The predicted octanol–water partition coefficient (Wildman–Crippen LogP) is 4.22. The minimum absolute atomic E-state index is 0.114. The number of benzene rings is 1. The van der Waals surface area contributed by atoms with Crippen molar-refractivity contribution in [2.75, 3.05) is 26.7 Å². The Morgan fingerprint density at radius 2 is 1.87 bits per heavy atom. The van der Waals surface area contributed by atoms with E-state index < -0.39 is 0 Å². The van der Waals surface area contributed by atoms with E-state index in [4.69, 9.17) is 5.73 Å². The molecule has 4 heterocycles. The standard InChI is InChI=1S/C19H25N3O.C12H16N2O/c1-21-10-6-16(19(14-21)7-2-3-8-19)13-22-11-5-15-4-9-20-12-17(15)18(22)23;13-11-6-7-14(9-15)12(8-11)10-4-2-1-3-5-10/h4-5,9,11-12,16H,2-3,6-8,10,13-14H2,1H3;1-5,9,11-12H,6-8,13H2. The van der Waals surface area contributed by atoms with Gasteiger partial charge in [-0.3, -0.25) is 14.6 Å². The fraction of sp³-hybridized carbons (Fsp3) is 0.516. The molecule has 3 atom stereocenters. The van der Waals surface area contributed by atoms with E-state index in [1.54, 1.807) is 12.4 Å². The molecule has 1 saturated carbocycles. The number of hydrogen-bond donors (Lipinski definition) is 1. The molecule has 2 aromatic heterocycles. The van der Waals surface area contributed by atoms with Crippen molar-refractivity contribution in [3.63, 3.8) is 0 Å². The molecule has 3 fully saturated rings. The second-order valence-electron chi connectivity index (χ2n) is 11.6. The lowest BCUT2D eigenvalue weighted by molar-refractivity contribution is -0.121. The molecule has 202 valence electrons. The summed E-state index contributed by atoms with van der Waals surface area (Å²) in [5.41, 5.74) is 7.66. The zero-order valence-electron chi connectivity index (χ0n) is 22.5. The Morgan fingerprint density at radius 3 is 2.63 bits per heavy atom. The maximum absolute atomic E-state index is 12.8. The van der Waals surface area contributed by atoms with Crippen LogP contribution in [0.1, 0.15) is 56.6 Å². The maximum atomic E-state index is 12.8. The number of carbonyl (C=O) groups is 1. The van der Waals surface area contributed by atoms with Crippen LogP contribution in [0.4, 0.5) is 0 Å². The van der Waals surface area contributed by atoms with Gasteiger partial charge in [0.25, 0.3) is 5.56 Å². The van der Waals surface area contributed by atoms with Crippen LogP contribution in [0.2, 0.25) is 0 Å². The third kappa shape index (κ3) is 5.69. The monoisotopic (exact) mass is 515 g/mol. The second-order valence-corrected chi connectivity index (χ2v) is 11.6. The maximum Gasteiger partial charge on any atom is 0.259 e. The number of carbonyl (C=O) groups excluding carboxylic acids is 1. The predicted molar refractivity (Wildman–Crippen MR) is 152 cm³/mol. The van der Waals surface area contributed by atoms with Gasteiger partial charge in [-0.05, 0) is 80.1 Å². The van der Waals surface area contributed by atoms with Crippen molar-refractivity contribution in [1.29, 1.82) is 0 Å². The second kappa shape index (κ2) is 11.8. The third-order valence-electron chi connectivity index (χ3n) is 9.11. The Kier molecular flexibility index (Phi) is 8.24. The van der Waals surface area contributed by atoms with Crippen molar-refractivity contribution in [2.45, 2.75) is 63.6 Å². The molecule has 2 saturated heterocycles. The highest BCUT2D eigenvalue weighted by atomic mass is 16.1. The topological polar surface area (TPSA) is 84.5 Å². The van der Waals surface area contributed by atoms with Crippen molar-refractivity contribution < 1.29 is 4.79 Å². The van der Waals surface area contributed by atoms with Crippen LogP contribution in [0.15, 0.2) is 65.8 Å². The lowest BCUT2D eigenvalue weighted by Crippen LogP contribution is -2.47. The van der Waals surface area contributed by atoms with Gasteiger partial charge in [0.2, 0.25) is 6.41 Å². The lowest BCUT2D eigenvalue weighted by Gasteiger charge is -2.45. The molecule has 7 nitrogen and oxygen atoms in total. The van der Waals surface area contributed by atoms with E-state index in [1.807, 2.05) is 39.9 Å². The molecular weight excluding hydrogens is 474 g/mol. The van der Waals surface area contributed by atoms with Crippen molar-refractivity contribution in [3.05, 3.63) is 77.0 Å². The molecule has 1 aromatic carbocycles. The molecule has 1 aliphatic carbocycles. The molecule has 2 N–H and O–H groups in total. The van der Waals surface area contributed by atoms with Crippen LogP contribution < -0.4 is 11.3 Å². The molecule has 1 spiro atoms. The molecule has 0 radical (unpaired) electrons. The first kappa shape index (κ1) is 26.6. The first-order valence-corrected chi connectivity index (χ1v) is 14.1. The summed E-state index contributed by atoms with van der Waals surface area (Å²) in [5.74, 6) is 0.619. The molecule has 38 heavy (non-hydrogen) atoms. The molecule has 0 bridgehead atoms. The van der Waals surface area contributed by atoms with Gasteiger partial charge in [-0.15, -0.1) is 0 Å². The van der Waals surface area contributed by atoms with Gasteiger partial charge < -0.3 is 20.1 Å². The molecule has 3 aliphatic rings. The van der Waals surface area contributed by atoms with Crippen LogP contribution in [-0.2, 0) is 11.3 Å². The zero-order chi connectivity index (χ0) is 26.5. The summed E-state index contributed by atoms with van der Waals surface area (Å²) in [6.45, 7) is 3.97. The van der Waals surface area contributed by atoms with Gasteiger partial charge in [0, 0.05) is 44.3 Å². The summed E-state index contributed by atoms with van der Waals surface area (Å²) >= 11 is 0. The van der Waals surface area contributed by atoms with Crippen LogP contribution in [0.25, 0.3) is 10.8 Å². The summed E-state index contributed by atoms with van der Waals surface area (Å²) in [7, 11) is 2.24. The molecular formula is C31H41N5O2. The molecule has 3 aromatic rings. The van der Waals surface area contributed by atoms with E-state index in [0.717, 1.165) is 49.7 Å². The fourth-order valence-corrected chi connectivity index (χ4v) is 7.00. The van der Waals surface area contributed by atoms with Crippen LogP contribution in [0, 0.1) is 11.3 Å². The summed E-state index contributed by atoms with van der Waals surface area (Å²) in [6, 6.07) is 14.4. The number of rotatable bonds is 4. The SMILES string of the molecule is CN1CCC(Cn2ccc3ccncc3c2=O)C2(CCCC2)C1.NC1CCN(C=O)C(c2ccccc2)C1. The minimum Gasteiger partial charge on any atom is -0.338 e. The lowest BCUT2D eigenvalue weighted by atomic mass is 9.69. The first-order valence-electron chi connectivity index (χ1n) is 14.1. The highest BCUT2D eigenvalue weighted by Gasteiger charge is 2.44. The Balaban J connectivity index is 0.000000170. The number of likely N-dealkylation sites (tertiary alicyclic amines) is 2. The van der Waals surface area contributed by atoms with Crippen LogP contribution in [-0.4, -0.2) is 58.5 Å². The third-order valence-corrected chi connectivity index (χ3v) is 9.11. The van der Waals surface area contributed by atoms with Crippen molar-refractivity contribution in [2.24, 2.45) is 17.1 Å². The van der Waals surface area contributed by atoms with Crippen molar-refractivity contribution >= 4 is 17.2 Å². The smallest absolute Gasteiger partial charge is 0.259 e. The molecule has 6 rings (SSSR count). The number of piperidine rings is 2. The number of amides is 1. The number of hydrogen-bond acceptors (Lipinski definition) is 5. The Hall–Kier alpha value is -3.03. The number of nitrogens with zero attached hydrogens (tertiary/aromatic N) is 4. The van der Waals surface area contributed by atoms with E-state index in [1.165, 1.54) is 44.2 Å². The Morgan fingerprint density at radius 1 is 1.08 bits per heavy atom. The molecule has 7 heteroatoms. The van der Waals surface area contributed by atoms with E-state index >= 15 is 0 Å². The van der Waals surface area contributed by atoms with Crippen molar-refractivity contribution in [1.82, 2.24) is 19.4 Å². The van der Waals surface area contributed by atoms with Crippen LogP contribution in [0.3, 0.4) is 0 Å². The number of aromatic nitrogens is 2. The van der Waals surface area contributed by atoms with Gasteiger partial charge in [0.1, 0.15) is 0 Å². The molecule has 1 amide bonds. The van der Waals surface area contributed by atoms with E-state index in [0.29, 0.717) is 11.3 Å². The summed E-state index contributed by atoms with van der Waals surface area (Å²) in [4.78, 5) is 32.2. The van der Waals surface area contributed by atoms with Crippen LogP contribution in [0.5, 0.6) is 0 Å². The van der Waals surface area contributed by atoms with Gasteiger partial charge in [-0.1, -0.05) is 43.2 Å². The van der Waals surface area contributed by atoms with E-state index in [9.17, 15) is 9.59 Å². The minimum atomic E-state index is 0.114. The summed E-state index contributed by atoms with van der Waals surface area (Å²) in [6.07, 6.45) is 14.7. The van der Waals surface area contributed by atoms with Crippen LogP contribution >= 0.6 is 0 Å². The fourth-order valence-electron chi connectivity index (χ4n) is 7.00. The van der Waals surface area contributed by atoms with Crippen molar-refractivity contribution in [3.8, 4) is 0 Å². The Labute approximate surface area is 225 Å². The average molecular weight is 516 g/mol. The van der Waals surface area contributed by atoms with E-state index in [2.05, 4.69) is 35.1 Å². The zero-order valence-corrected chi connectivity index (χ0v) is 22.5. The highest BCUT2D eigenvalue weighted by Crippen LogP contribution is 2.48. The van der Waals surface area contributed by atoms with Gasteiger partial charge in [0.05, 0.1) is 11.4 Å². The summed E-state index contributed by atoms with van der Waals surface area (Å²) in [5, 5.41) is 1.73. The van der Waals surface area contributed by atoms with Gasteiger partial charge in [-0.25, -0.2) is 0 Å². The number of nitrogens with two attached hydrogens (primary N) is 1. The number of fused-ring (bicyclic) bond motifs is 1. The van der Waals surface area contributed by atoms with Gasteiger partial charge in [0.15, 0.2) is 0 Å². The first-order chi connectivity index (χ1) is 18.5. The average Bonchev–Trinajstić information content (AvgIpc) is 3.41. The summed E-state index contributed by atoms with van der Waals surface area (Å²) < 4.78 is 1.93. The largest absolute Gasteiger partial charge is 0.338 e. The van der Waals surface area contributed by atoms with E-state index in [-0.39, 0.29) is 17.6 Å². The van der Waals surface area contributed by atoms with Gasteiger partial charge >= 0.3 is 0 Å².